The van der Waals surface area contributed by atoms with E-state index in [2.05, 4.69) is 0 Å². The lowest BCUT2D eigenvalue weighted by molar-refractivity contribution is 0.100. The third-order valence-corrected chi connectivity index (χ3v) is 4.82. The van der Waals surface area contributed by atoms with Gasteiger partial charge in [-0.2, -0.15) is 0 Å². The van der Waals surface area contributed by atoms with Gasteiger partial charge in [0.25, 0.3) is 0 Å². The topological polar surface area (TPSA) is 68.2 Å². The lowest BCUT2D eigenvalue weighted by Crippen LogP contribution is -2.11. The molecular formula is C20H15ClN2O2. The molecule has 0 bridgehead atoms. The molecule has 0 aliphatic carbocycles. The van der Waals surface area contributed by atoms with Gasteiger partial charge in [-0.05, 0) is 35.9 Å². The third kappa shape index (κ3) is 2.42. The van der Waals surface area contributed by atoms with E-state index >= 15 is 0 Å². The van der Waals surface area contributed by atoms with Crippen LogP contribution in [0.2, 0.25) is 5.02 Å². The second-order valence-corrected chi connectivity index (χ2v) is 6.32. The summed E-state index contributed by atoms with van der Waals surface area (Å²) in [5.74, 6) is -0.403. The van der Waals surface area contributed by atoms with E-state index in [4.69, 9.17) is 17.3 Å². The first-order chi connectivity index (χ1) is 12.1. The van der Waals surface area contributed by atoms with Crippen molar-refractivity contribution in [3.8, 4) is 5.75 Å². The zero-order chi connectivity index (χ0) is 17.6. The Hall–Kier alpha value is -2.98. The summed E-state index contributed by atoms with van der Waals surface area (Å²) in [5.41, 5.74) is 8.55. The highest BCUT2D eigenvalue weighted by Gasteiger charge is 2.19. The minimum Gasteiger partial charge on any atom is -0.507 e. The minimum atomic E-state index is -0.523. The van der Waals surface area contributed by atoms with Crippen LogP contribution in [0.5, 0.6) is 5.75 Å². The van der Waals surface area contributed by atoms with E-state index in [0.29, 0.717) is 27.9 Å². The van der Waals surface area contributed by atoms with E-state index in [9.17, 15) is 9.90 Å². The zero-order valence-electron chi connectivity index (χ0n) is 13.2. The summed E-state index contributed by atoms with van der Waals surface area (Å²) in [6, 6.07) is 18.3. The number of phenolic OH excluding ortho intramolecular Hbond substituents is 1. The molecule has 0 atom stereocenters. The molecule has 1 aromatic heterocycles. The van der Waals surface area contributed by atoms with Gasteiger partial charge in [-0.1, -0.05) is 41.9 Å². The van der Waals surface area contributed by atoms with E-state index < -0.39 is 5.91 Å². The van der Waals surface area contributed by atoms with Crippen molar-refractivity contribution in [1.82, 2.24) is 4.57 Å². The lowest BCUT2D eigenvalue weighted by atomic mass is 10.1. The number of aromatic nitrogens is 1. The molecule has 3 N–H and O–H groups in total. The van der Waals surface area contributed by atoms with E-state index in [1.165, 1.54) is 0 Å². The normalized spacial score (nSPS) is 11.2. The number of fused-ring (bicyclic) bond motifs is 3. The van der Waals surface area contributed by atoms with Crippen LogP contribution in [0, 0.1) is 0 Å². The van der Waals surface area contributed by atoms with Gasteiger partial charge < -0.3 is 15.4 Å². The van der Waals surface area contributed by atoms with E-state index in [-0.39, 0.29) is 5.75 Å². The van der Waals surface area contributed by atoms with Crippen molar-refractivity contribution in [2.45, 2.75) is 6.54 Å². The fourth-order valence-electron chi connectivity index (χ4n) is 3.34. The highest BCUT2D eigenvalue weighted by Crippen LogP contribution is 2.37. The standard InChI is InChI=1S/C20H15ClN2O2/c21-14-7-2-1-5-12(14)11-23-15-8-3-6-13(20(22)25)18(15)19-16(23)9-4-10-17(19)24/h1-10,24H,11H2,(H2,22,25). The first kappa shape index (κ1) is 15.5. The van der Waals surface area contributed by atoms with Crippen LogP contribution in [-0.2, 0) is 6.54 Å². The second-order valence-electron chi connectivity index (χ2n) is 5.91. The number of carbonyl (C=O) groups is 1. The summed E-state index contributed by atoms with van der Waals surface area (Å²) >= 11 is 6.32. The van der Waals surface area contributed by atoms with Crippen LogP contribution in [0.4, 0.5) is 0 Å². The van der Waals surface area contributed by atoms with Crippen LogP contribution in [0.3, 0.4) is 0 Å². The fourth-order valence-corrected chi connectivity index (χ4v) is 3.54. The average Bonchev–Trinajstić information content (AvgIpc) is 2.92. The number of aromatic hydroxyl groups is 1. The molecule has 1 heterocycles. The number of phenols is 1. The van der Waals surface area contributed by atoms with Gasteiger partial charge in [-0.3, -0.25) is 4.79 Å². The van der Waals surface area contributed by atoms with Crippen molar-refractivity contribution in [2.24, 2.45) is 5.73 Å². The maximum atomic E-state index is 11.9. The molecule has 25 heavy (non-hydrogen) atoms. The number of halogens is 1. The molecule has 0 aliphatic rings. The number of hydrogen-bond acceptors (Lipinski definition) is 2. The molecular weight excluding hydrogens is 336 g/mol. The van der Waals surface area contributed by atoms with Gasteiger partial charge in [0.15, 0.2) is 0 Å². The molecule has 5 heteroatoms. The Bertz CT molecular complexity index is 1130. The highest BCUT2D eigenvalue weighted by atomic mass is 35.5. The summed E-state index contributed by atoms with van der Waals surface area (Å²) < 4.78 is 2.04. The molecule has 124 valence electrons. The Balaban J connectivity index is 2.10. The molecule has 0 fully saturated rings. The molecule has 0 spiro atoms. The molecule has 0 saturated heterocycles. The SMILES string of the molecule is NC(=O)c1cccc2c1c1c(O)cccc1n2Cc1ccccc1Cl. The summed E-state index contributed by atoms with van der Waals surface area (Å²) in [6.45, 7) is 0.519. The molecule has 3 aromatic carbocycles. The Morgan fingerprint density at radius 2 is 1.64 bits per heavy atom. The fraction of sp³-hybridized carbons (Fsp3) is 0.0500. The first-order valence-corrected chi connectivity index (χ1v) is 8.22. The first-order valence-electron chi connectivity index (χ1n) is 7.84. The highest BCUT2D eigenvalue weighted by molar-refractivity contribution is 6.31. The van der Waals surface area contributed by atoms with Gasteiger partial charge in [0, 0.05) is 22.5 Å². The monoisotopic (exact) mass is 350 g/mol. The van der Waals surface area contributed by atoms with Crippen LogP contribution in [0.25, 0.3) is 21.8 Å². The predicted octanol–water partition coefficient (Wildman–Crippen LogP) is 4.30. The number of primary amides is 1. The van der Waals surface area contributed by atoms with Crippen molar-refractivity contribution in [2.75, 3.05) is 0 Å². The van der Waals surface area contributed by atoms with Gasteiger partial charge in [-0.25, -0.2) is 0 Å². The maximum absolute atomic E-state index is 11.9. The summed E-state index contributed by atoms with van der Waals surface area (Å²) in [7, 11) is 0. The maximum Gasteiger partial charge on any atom is 0.249 e. The van der Waals surface area contributed by atoms with Crippen molar-refractivity contribution >= 4 is 39.3 Å². The van der Waals surface area contributed by atoms with Crippen molar-refractivity contribution < 1.29 is 9.90 Å². The molecule has 4 rings (SSSR count). The van der Waals surface area contributed by atoms with Crippen molar-refractivity contribution in [3.05, 3.63) is 76.8 Å². The minimum absolute atomic E-state index is 0.120. The van der Waals surface area contributed by atoms with Gasteiger partial charge in [0.05, 0.1) is 16.4 Å². The predicted molar refractivity (Wildman–Crippen MR) is 100 cm³/mol. The van der Waals surface area contributed by atoms with Gasteiger partial charge in [0.2, 0.25) is 5.91 Å². The van der Waals surface area contributed by atoms with Crippen LogP contribution >= 0.6 is 11.6 Å². The molecule has 0 unspecified atom stereocenters. The second kappa shape index (κ2) is 5.83. The number of carbonyl (C=O) groups excluding carboxylic acids is 1. The van der Waals surface area contributed by atoms with E-state index in [1.807, 2.05) is 41.0 Å². The zero-order valence-corrected chi connectivity index (χ0v) is 14.0. The van der Waals surface area contributed by atoms with Crippen LogP contribution in [0.15, 0.2) is 60.7 Å². The van der Waals surface area contributed by atoms with Gasteiger partial charge in [0.1, 0.15) is 5.75 Å². The Labute approximate surface area is 149 Å². The molecule has 4 aromatic rings. The van der Waals surface area contributed by atoms with Crippen LogP contribution in [0.1, 0.15) is 15.9 Å². The molecule has 1 amide bonds. The summed E-state index contributed by atoms with van der Waals surface area (Å²) in [4.78, 5) is 11.9. The quantitative estimate of drug-likeness (QED) is 0.578. The van der Waals surface area contributed by atoms with Crippen molar-refractivity contribution in [1.29, 1.82) is 0 Å². The molecule has 0 radical (unpaired) electrons. The number of hydrogen-bond donors (Lipinski definition) is 2. The molecule has 0 saturated carbocycles. The largest absolute Gasteiger partial charge is 0.507 e. The van der Waals surface area contributed by atoms with Crippen LogP contribution in [-0.4, -0.2) is 15.6 Å². The Kier molecular flexibility index (Phi) is 3.62. The third-order valence-electron chi connectivity index (χ3n) is 4.45. The number of rotatable bonds is 3. The lowest BCUT2D eigenvalue weighted by Gasteiger charge is -2.09. The number of nitrogens with zero attached hydrogens (tertiary/aromatic N) is 1. The Morgan fingerprint density at radius 1 is 0.960 bits per heavy atom. The van der Waals surface area contributed by atoms with E-state index in [0.717, 1.165) is 16.6 Å². The average molecular weight is 351 g/mol. The Morgan fingerprint density at radius 3 is 2.36 bits per heavy atom. The molecule has 4 nitrogen and oxygen atoms in total. The summed E-state index contributed by atoms with van der Waals surface area (Å²) in [5, 5.41) is 12.4. The van der Waals surface area contributed by atoms with Gasteiger partial charge in [-0.15, -0.1) is 0 Å². The van der Waals surface area contributed by atoms with Crippen molar-refractivity contribution in [3.63, 3.8) is 0 Å². The number of nitrogens with two attached hydrogens (primary N) is 1. The smallest absolute Gasteiger partial charge is 0.249 e. The van der Waals surface area contributed by atoms with Gasteiger partial charge >= 0.3 is 0 Å². The van der Waals surface area contributed by atoms with E-state index in [1.54, 1.807) is 24.3 Å². The van der Waals surface area contributed by atoms with Crippen LogP contribution < -0.4 is 5.73 Å². The number of amides is 1. The summed E-state index contributed by atoms with van der Waals surface area (Å²) in [6.07, 6.45) is 0. The molecule has 0 aliphatic heterocycles. The number of benzene rings is 3.